The third-order valence-corrected chi connectivity index (χ3v) is 4.91. The summed E-state index contributed by atoms with van der Waals surface area (Å²) in [6.07, 6.45) is 0.397. The summed E-state index contributed by atoms with van der Waals surface area (Å²) in [6.45, 7) is 1.79. The van der Waals surface area contributed by atoms with E-state index in [1.165, 1.54) is 4.88 Å². The molecule has 1 aliphatic rings. The SMILES string of the molecule is O=C(NCCc1cccs1)N1CCOC(COc2cc(F)ccc2F)C1. The van der Waals surface area contributed by atoms with E-state index in [0.29, 0.717) is 26.2 Å². The maximum absolute atomic E-state index is 13.6. The van der Waals surface area contributed by atoms with Gasteiger partial charge in [0.15, 0.2) is 11.6 Å². The van der Waals surface area contributed by atoms with Crippen molar-refractivity contribution in [1.29, 1.82) is 0 Å². The van der Waals surface area contributed by atoms with Crippen LogP contribution in [0.3, 0.4) is 0 Å². The quantitative estimate of drug-likeness (QED) is 0.836. The summed E-state index contributed by atoms with van der Waals surface area (Å²) in [5, 5.41) is 4.89. The molecule has 140 valence electrons. The van der Waals surface area contributed by atoms with E-state index in [1.807, 2.05) is 17.5 Å². The topological polar surface area (TPSA) is 50.8 Å². The Morgan fingerprint density at radius 1 is 1.38 bits per heavy atom. The third-order valence-electron chi connectivity index (χ3n) is 3.97. The minimum Gasteiger partial charge on any atom is -0.488 e. The molecule has 1 aromatic carbocycles. The van der Waals surface area contributed by atoms with Gasteiger partial charge in [-0.2, -0.15) is 0 Å². The molecule has 8 heteroatoms. The highest BCUT2D eigenvalue weighted by atomic mass is 32.1. The van der Waals surface area contributed by atoms with Gasteiger partial charge in [-0.15, -0.1) is 11.3 Å². The van der Waals surface area contributed by atoms with Crippen LogP contribution in [0.25, 0.3) is 0 Å². The molecule has 1 aromatic heterocycles. The number of carbonyl (C=O) groups is 1. The smallest absolute Gasteiger partial charge is 0.317 e. The molecule has 0 bridgehead atoms. The molecule has 2 heterocycles. The molecule has 3 rings (SSSR count). The number of ether oxygens (including phenoxy) is 2. The van der Waals surface area contributed by atoms with Crippen LogP contribution in [-0.4, -0.2) is 49.9 Å². The average Bonchev–Trinajstić information content (AvgIpc) is 3.16. The lowest BCUT2D eigenvalue weighted by Crippen LogP contribution is -2.51. The molecule has 1 unspecified atom stereocenters. The fourth-order valence-electron chi connectivity index (χ4n) is 2.63. The largest absolute Gasteiger partial charge is 0.488 e. The van der Waals surface area contributed by atoms with E-state index in [0.717, 1.165) is 24.6 Å². The van der Waals surface area contributed by atoms with Crippen LogP contribution in [0.5, 0.6) is 5.75 Å². The Kier molecular flexibility index (Phi) is 6.40. The molecule has 1 saturated heterocycles. The highest BCUT2D eigenvalue weighted by Crippen LogP contribution is 2.19. The summed E-state index contributed by atoms with van der Waals surface area (Å²) in [5.74, 6) is -1.37. The molecule has 5 nitrogen and oxygen atoms in total. The first kappa shape index (κ1) is 18.6. The van der Waals surface area contributed by atoms with Crippen molar-refractivity contribution in [2.24, 2.45) is 0 Å². The van der Waals surface area contributed by atoms with Crippen LogP contribution in [0, 0.1) is 11.6 Å². The number of halogens is 2. The molecule has 1 fully saturated rings. The lowest BCUT2D eigenvalue weighted by atomic mass is 10.3. The Morgan fingerprint density at radius 3 is 3.08 bits per heavy atom. The second-order valence-corrected chi connectivity index (χ2v) is 6.92. The zero-order valence-corrected chi connectivity index (χ0v) is 14.9. The molecule has 26 heavy (non-hydrogen) atoms. The molecule has 0 saturated carbocycles. The normalized spacial score (nSPS) is 17.2. The van der Waals surface area contributed by atoms with Crippen LogP contribution in [0.2, 0.25) is 0 Å². The number of carbonyl (C=O) groups excluding carboxylic acids is 1. The molecule has 2 aromatic rings. The van der Waals surface area contributed by atoms with E-state index >= 15 is 0 Å². The molecule has 0 radical (unpaired) electrons. The van der Waals surface area contributed by atoms with Crippen molar-refractivity contribution >= 4 is 17.4 Å². The Balaban J connectivity index is 1.44. The highest BCUT2D eigenvalue weighted by Gasteiger charge is 2.25. The number of urea groups is 1. The Bertz CT molecular complexity index is 727. The number of nitrogens with zero attached hydrogens (tertiary/aromatic N) is 1. The van der Waals surface area contributed by atoms with Crippen molar-refractivity contribution in [3.05, 3.63) is 52.2 Å². The number of morpholine rings is 1. The predicted molar refractivity (Wildman–Crippen MR) is 94.6 cm³/mol. The summed E-state index contributed by atoms with van der Waals surface area (Å²) in [4.78, 5) is 15.1. The first-order chi connectivity index (χ1) is 12.6. The van der Waals surface area contributed by atoms with Crippen molar-refractivity contribution in [2.75, 3.05) is 32.8 Å². The monoisotopic (exact) mass is 382 g/mol. The van der Waals surface area contributed by atoms with Gasteiger partial charge in [0, 0.05) is 24.0 Å². The first-order valence-electron chi connectivity index (χ1n) is 8.36. The van der Waals surface area contributed by atoms with E-state index in [1.54, 1.807) is 16.2 Å². The van der Waals surface area contributed by atoms with Gasteiger partial charge in [0.05, 0.1) is 13.2 Å². The number of hydrogen-bond donors (Lipinski definition) is 1. The number of benzene rings is 1. The van der Waals surface area contributed by atoms with Crippen molar-refractivity contribution < 1.29 is 23.0 Å². The fraction of sp³-hybridized carbons (Fsp3) is 0.389. The maximum atomic E-state index is 13.6. The number of rotatable bonds is 6. The Hall–Kier alpha value is -2.19. The number of hydrogen-bond acceptors (Lipinski definition) is 4. The second kappa shape index (κ2) is 8.95. The summed E-state index contributed by atoms with van der Waals surface area (Å²) in [6, 6.07) is 6.89. The standard InChI is InChI=1S/C18H20F2N2O3S/c19-13-3-4-16(20)17(10-13)25-12-14-11-22(7-8-24-14)18(23)21-6-5-15-2-1-9-26-15/h1-4,9-10,14H,5-8,11-12H2,(H,21,23). The van der Waals surface area contributed by atoms with Gasteiger partial charge >= 0.3 is 6.03 Å². The van der Waals surface area contributed by atoms with E-state index < -0.39 is 17.7 Å². The summed E-state index contributed by atoms with van der Waals surface area (Å²) < 4.78 is 37.6. The number of amides is 2. The molecule has 1 N–H and O–H groups in total. The zero-order valence-electron chi connectivity index (χ0n) is 14.1. The van der Waals surface area contributed by atoms with Crippen LogP contribution in [0.15, 0.2) is 35.7 Å². The number of thiophene rings is 1. The summed E-state index contributed by atoms with van der Waals surface area (Å²) >= 11 is 1.66. The van der Waals surface area contributed by atoms with Crippen LogP contribution < -0.4 is 10.1 Å². The van der Waals surface area contributed by atoms with Gasteiger partial charge < -0.3 is 19.7 Å². The average molecular weight is 382 g/mol. The van der Waals surface area contributed by atoms with Crippen LogP contribution in [0.4, 0.5) is 13.6 Å². The van der Waals surface area contributed by atoms with Gasteiger partial charge in [-0.1, -0.05) is 6.07 Å². The fourth-order valence-corrected chi connectivity index (χ4v) is 3.34. The second-order valence-electron chi connectivity index (χ2n) is 5.89. The van der Waals surface area contributed by atoms with Gasteiger partial charge in [0.25, 0.3) is 0 Å². The molecular formula is C18H20F2N2O3S. The third kappa shape index (κ3) is 5.15. The summed E-state index contributed by atoms with van der Waals surface area (Å²) in [5.41, 5.74) is 0. The van der Waals surface area contributed by atoms with Crippen molar-refractivity contribution in [3.8, 4) is 5.75 Å². The Labute approximate surface area is 154 Å². The predicted octanol–water partition coefficient (Wildman–Crippen LogP) is 3.06. The lowest BCUT2D eigenvalue weighted by Gasteiger charge is -2.32. The van der Waals surface area contributed by atoms with Crippen LogP contribution in [-0.2, 0) is 11.2 Å². The van der Waals surface area contributed by atoms with Gasteiger partial charge in [0.2, 0.25) is 0 Å². The van der Waals surface area contributed by atoms with Gasteiger partial charge in [0.1, 0.15) is 18.5 Å². The minimum atomic E-state index is -0.634. The van der Waals surface area contributed by atoms with Crippen LogP contribution >= 0.6 is 11.3 Å². The van der Waals surface area contributed by atoms with Gasteiger partial charge in [-0.3, -0.25) is 0 Å². The van der Waals surface area contributed by atoms with Crippen LogP contribution in [0.1, 0.15) is 4.88 Å². The lowest BCUT2D eigenvalue weighted by molar-refractivity contribution is -0.0357. The van der Waals surface area contributed by atoms with Crippen molar-refractivity contribution in [1.82, 2.24) is 10.2 Å². The number of nitrogens with one attached hydrogen (secondary N) is 1. The van der Waals surface area contributed by atoms with Gasteiger partial charge in [-0.05, 0) is 30.0 Å². The zero-order chi connectivity index (χ0) is 18.4. The molecule has 1 atom stereocenters. The van der Waals surface area contributed by atoms with E-state index in [-0.39, 0.29) is 18.4 Å². The highest BCUT2D eigenvalue weighted by molar-refractivity contribution is 7.09. The first-order valence-corrected chi connectivity index (χ1v) is 9.24. The molecule has 0 aliphatic carbocycles. The maximum Gasteiger partial charge on any atom is 0.317 e. The van der Waals surface area contributed by atoms with E-state index in [9.17, 15) is 13.6 Å². The van der Waals surface area contributed by atoms with Crippen molar-refractivity contribution in [2.45, 2.75) is 12.5 Å². The van der Waals surface area contributed by atoms with Crippen molar-refractivity contribution in [3.63, 3.8) is 0 Å². The Morgan fingerprint density at radius 2 is 2.27 bits per heavy atom. The molecular weight excluding hydrogens is 362 g/mol. The molecule has 0 spiro atoms. The minimum absolute atomic E-state index is 0.0410. The summed E-state index contributed by atoms with van der Waals surface area (Å²) in [7, 11) is 0. The van der Waals surface area contributed by atoms with E-state index in [4.69, 9.17) is 9.47 Å². The molecule has 2 amide bonds. The van der Waals surface area contributed by atoms with Gasteiger partial charge in [-0.25, -0.2) is 13.6 Å². The van der Waals surface area contributed by atoms with E-state index in [2.05, 4.69) is 5.32 Å². The molecule has 1 aliphatic heterocycles.